The fourth-order valence-electron chi connectivity index (χ4n) is 3.90. The largest absolute Gasteiger partial charge is 0.308 e. The van der Waals surface area contributed by atoms with Gasteiger partial charge in [-0.15, -0.1) is 0 Å². The van der Waals surface area contributed by atoms with Gasteiger partial charge in [0.15, 0.2) is 0 Å². The Kier molecular flexibility index (Phi) is 2.60. The van der Waals surface area contributed by atoms with E-state index < -0.39 is 11.6 Å². The molecule has 1 fully saturated rings. The lowest BCUT2D eigenvalue weighted by Gasteiger charge is -2.20. The molecule has 1 aromatic carbocycles. The van der Waals surface area contributed by atoms with Crippen molar-refractivity contribution >= 4 is 17.3 Å². The van der Waals surface area contributed by atoms with Gasteiger partial charge in [-0.3, -0.25) is 5.10 Å². The number of hydrogen-bond acceptors (Lipinski definition) is 4. The molecule has 1 saturated carbocycles. The molecule has 1 N–H and O–H groups in total. The Hall–Kier alpha value is -3.03. The third-order valence-corrected chi connectivity index (χ3v) is 5.31. The van der Waals surface area contributed by atoms with E-state index in [-0.39, 0.29) is 18.7 Å². The first-order valence-corrected chi connectivity index (χ1v) is 8.66. The van der Waals surface area contributed by atoms with Crippen molar-refractivity contribution < 1.29 is 10.2 Å². The van der Waals surface area contributed by atoms with Crippen LogP contribution in [0, 0.1) is 11.6 Å². The molecule has 4 heterocycles. The molecule has 26 heavy (non-hydrogen) atoms. The predicted molar refractivity (Wildman–Crippen MR) is 93.8 cm³/mol. The number of halogens is 2. The molecule has 8 heteroatoms. The summed E-state index contributed by atoms with van der Waals surface area (Å²) in [6.45, 7) is 1.21. The van der Waals surface area contributed by atoms with Crippen LogP contribution in [0.4, 0.5) is 20.3 Å². The van der Waals surface area contributed by atoms with E-state index in [9.17, 15) is 8.78 Å². The highest BCUT2D eigenvalue weighted by Gasteiger charge is 2.36. The second-order valence-corrected chi connectivity index (χ2v) is 6.96. The minimum Gasteiger partial charge on any atom is -0.308 e. The third kappa shape index (κ3) is 1.81. The van der Waals surface area contributed by atoms with Gasteiger partial charge >= 0.3 is 0 Å². The van der Waals surface area contributed by atoms with E-state index in [1.165, 1.54) is 12.1 Å². The highest BCUT2D eigenvalue weighted by Crippen LogP contribution is 2.43. The van der Waals surface area contributed by atoms with Crippen LogP contribution in [0.1, 0.15) is 31.3 Å². The fraction of sp³-hybridized carbons (Fsp3) is 0.278. The number of aromatic nitrogens is 4. The number of nitrogens with zero attached hydrogens (tertiary/aromatic N) is 5. The van der Waals surface area contributed by atoms with Gasteiger partial charge in [0, 0.05) is 7.97 Å². The van der Waals surface area contributed by atoms with E-state index in [0.717, 1.165) is 29.8 Å². The molecule has 6 rings (SSSR count). The van der Waals surface area contributed by atoms with Gasteiger partial charge in [-0.25, -0.2) is 18.5 Å². The van der Waals surface area contributed by atoms with Crippen molar-refractivity contribution in [3.8, 4) is 11.3 Å². The Morgan fingerprint density at radius 1 is 1.12 bits per heavy atom. The number of anilines is 1. The van der Waals surface area contributed by atoms with Crippen molar-refractivity contribution in [3.63, 3.8) is 0 Å². The molecule has 3 aliphatic rings. The van der Waals surface area contributed by atoms with Gasteiger partial charge in [-0.2, -0.15) is 10.2 Å². The standard InChI is InChI=1S/C18H14F2N6.H2/c19-12-5-10(9-1-2-9)6-13(20)15(12)17-23-14-8-21-24-16(14)11-7-22-26-4-3-25(17)18(11)26;/h5-9H,1-4H2,(H,21,24);1H. The van der Waals surface area contributed by atoms with Gasteiger partial charge in [0.2, 0.25) is 0 Å². The molecule has 0 bridgehead atoms. The van der Waals surface area contributed by atoms with Crippen LogP contribution in [-0.2, 0) is 6.54 Å². The summed E-state index contributed by atoms with van der Waals surface area (Å²) in [7, 11) is 0. The van der Waals surface area contributed by atoms with Crippen LogP contribution in [0.25, 0.3) is 11.3 Å². The first kappa shape index (κ1) is 14.2. The SMILES string of the molecule is Fc1cc(C2CC2)cc(F)c1C1=Nc2cn[nH]c2-c2cnn3c2N1CC3.[HH]. The zero-order chi connectivity index (χ0) is 17.4. The summed E-state index contributed by atoms with van der Waals surface area (Å²) in [6, 6.07) is 2.90. The van der Waals surface area contributed by atoms with E-state index in [4.69, 9.17) is 0 Å². The molecule has 132 valence electrons. The number of aliphatic imine (C=N–C) groups is 1. The molecule has 3 aromatic rings. The van der Waals surface area contributed by atoms with Crippen LogP contribution in [0.2, 0.25) is 0 Å². The second kappa shape index (κ2) is 4.78. The summed E-state index contributed by atoms with van der Waals surface area (Å²) in [4.78, 5) is 6.42. The monoisotopic (exact) mass is 354 g/mol. The quantitative estimate of drug-likeness (QED) is 0.765. The lowest BCUT2D eigenvalue weighted by atomic mass is 10.0. The van der Waals surface area contributed by atoms with Crippen LogP contribution >= 0.6 is 0 Å². The zero-order valence-corrected chi connectivity index (χ0v) is 13.7. The molecular weight excluding hydrogens is 338 g/mol. The number of fused-ring (bicyclic) bond motifs is 2. The topological polar surface area (TPSA) is 62.1 Å². The summed E-state index contributed by atoms with van der Waals surface area (Å²) in [5.74, 6) is 0.193. The molecule has 2 aromatic heterocycles. The van der Waals surface area contributed by atoms with E-state index >= 15 is 0 Å². The second-order valence-electron chi connectivity index (χ2n) is 6.96. The highest BCUT2D eigenvalue weighted by atomic mass is 19.1. The van der Waals surface area contributed by atoms with Crippen molar-refractivity contribution in [2.45, 2.75) is 25.3 Å². The Morgan fingerprint density at radius 2 is 1.92 bits per heavy atom. The summed E-state index contributed by atoms with van der Waals surface area (Å²) < 4.78 is 31.7. The number of aromatic amines is 1. The predicted octanol–water partition coefficient (Wildman–Crippen LogP) is 3.59. The van der Waals surface area contributed by atoms with E-state index in [1.807, 2.05) is 9.58 Å². The minimum absolute atomic E-state index is 0. The van der Waals surface area contributed by atoms with Crippen LogP contribution in [0.3, 0.4) is 0 Å². The summed E-state index contributed by atoms with van der Waals surface area (Å²) in [5.41, 5.74) is 2.74. The van der Waals surface area contributed by atoms with Crippen molar-refractivity contribution in [2.75, 3.05) is 11.4 Å². The number of H-pyrrole nitrogens is 1. The van der Waals surface area contributed by atoms with E-state index in [1.54, 1.807) is 12.4 Å². The van der Waals surface area contributed by atoms with Gasteiger partial charge in [0.25, 0.3) is 0 Å². The molecule has 0 unspecified atom stereocenters. The zero-order valence-electron chi connectivity index (χ0n) is 13.7. The minimum atomic E-state index is -0.572. The van der Waals surface area contributed by atoms with Gasteiger partial charge < -0.3 is 4.90 Å². The summed E-state index contributed by atoms with van der Waals surface area (Å²) in [6.07, 6.45) is 5.29. The molecule has 1 aliphatic carbocycles. The van der Waals surface area contributed by atoms with Gasteiger partial charge in [0.05, 0.1) is 35.8 Å². The molecule has 2 aliphatic heterocycles. The van der Waals surface area contributed by atoms with E-state index in [2.05, 4.69) is 20.3 Å². The molecule has 0 saturated heterocycles. The van der Waals surface area contributed by atoms with Crippen molar-refractivity contribution in [2.24, 2.45) is 4.99 Å². The van der Waals surface area contributed by atoms with E-state index in [0.29, 0.717) is 24.5 Å². The number of rotatable bonds is 2. The Morgan fingerprint density at radius 3 is 2.69 bits per heavy atom. The Bertz CT molecular complexity index is 1070. The maximum absolute atomic E-state index is 15.0. The van der Waals surface area contributed by atoms with Crippen molar-refractivity contribution in [3.05, 3.63) is 47.3 Å². The van der Waals surface area contributed by atoms with Gasteiger partial charge in [-0.05, 0) is 36.5 Å². The summed E-state index contributed by atoms with van der Waals surface area (Å²) in [5, 5.41) is 11.3. The lowest BCUT2D eigenvalue weighted by molar-refractivity contribution is 0.574. The first-order valence-electron chi connectivity index (χ1n) is 8.66. The van der Waals surface area contributed by atoms with Crippen molar-refractivity contribution in [1.29, 1.82) is 0 Å². The molecule has 0 atom stereocenters. The smallest absolute Gasteiger partial charge is 0.148 e. The average molecular weight is 354 g/mol. The third-order valence-electron chi connectivity index (χ3n) is 5.31. The maximum Gasteiger partial charge on any atom is 0.148 e. The lowest BCUT2D eigenvalue weighted by Crippen LogP contribution is -2.31. The molecule has 0 spiro atoms. The molecule has 0 amide bonds. The number of nitrogens with one attached hydrogen (secondary N) is 1. The van der Waals surface area contributed by atoms with Gasteiger partial charge in [0.1, 0.15) is 29.0 Å². The average Bonchev–Trinajstić information content (AvgIpc) is 3.06. The Labute approximate surface area is 148 Å². The van der Waals surface area contributed by atoms with Crippen LogP contribution in [0.5, 0.6) is 0 Å². The molecular formula is C18H16F2N6. The van der Waals surface area contributed by atoms with Crippen LogP contribution < -0.4 is 4.90 Å². The van der Waals surface area contributed by atoms with Crippen LogP contribution in [0.15, 0.2) is 29.5 Å². The number of benzene rings is 1. The first-order chi connectivity index (χ1) is 12.7. The van der Waals surface area contributed by atoms with Crippen molar-refractivity contribution in [1.82, 2.24) is 20.0 Å². The fourth-order valence-corrected chi connectivity index (χ4v) is 3.90. The number of amidine groups is 1. The maximum atomic E-state index is 15.0. The molecule has 0 radical (unpaired) electrons. The molecule has 6 nitrogen and oxygen atoms in total. The Balaban J connectivity index is 0.00000160. The van der Waals surface area contributed by atoms with Crippen LogP contribution in [-0.4, -0.2) is 32.4 Å². The van der Waals surface area contributed by atoms with Gasteiger partial charge in [-0.1, -0.05) is 0 Å². The summed E-state index contributed by atoms with van der Waals surface area (Å²) >= 11 is 0. The highest BCUT2D eigenvalue weighted by molar-refractivity contribution is 6.14. The number of hydrogen-bond donors (Lipinski definition) is 1. The normalized spacial score (nSPS) is 17.8.